The van der Waals surface area contributed by atoms with Crippen LogP contribution in [0.3, 0.4) is 0 Å². The number of rotatable bonds is 8. The van der Waals surface area contributed by atoms with Crippen LogP contribution in [0.2, 0.25) is 0 Å². The molecule has 0 radical (unpaired) electrons. The smallest absolute Gasteiger partial charge is 0.356 e. The third-order valence-electron chi connectivity index (χ3n) is 10.6. The second-order valence-electron chi connectivity index (χ2n) is 16.5. The highest BCUT2D eigenvalue weighted by molar-refractivity contribution is 7.93. The molecule has 0 amide bonds. The molecule has 0 N–H and O–H groups in total. The molecular formula is C37H52F4N2O7S3. The lowest BCUT2D eigenvalue weighted by atomic mass is 9.79. The number of halogens is 4. The van der Waals surface area contributed by atoms with Gasteiger partial charge in [0.05, 0.1) is 39.8 Å². The van der Waals surface area contributed by atoms with Gasteiger partial charge >= 0.3 is 15.6 Å². The van der Waals surface area contributed by atoms with Crippen LogP contribution >= 0.6 is 0 Å². The molecule has 0 aromatic heterocycles. The zero-order chi connectivity index (χ0) is 39.6. The number of aliphatic imine (C=N–C) groups is 2. The Hall–Kier alpha value is -2.59. The lowest BCUT2D eigenvalue weighted by Crippen LogP contribution is -2.34. The van der Waals surface area contributed by atoms with Crippen molar-refractivity contribution in [2.45, 2.75) is 108 Å². The van der Waals surface area contributed by atoms with Gasteiger partial charge in [0.1, 0.15) is 5.82 Å². The highest BCUT2D eigenvalue weighted by atomic mass is 32.2. The van der Waals surface area contributed by atoms with E-state index in [0.717, 1.165) is 42.5 Å². The molecule has 53 heavy (non-hydrogen) atoms. The summed E-state index contributed by atoms with van der Waals surface area (Å²) in [6, 6.07) is 6.55. The van der Waals surface area contributed by atoms with Gasteiger partial charge in [0.25, 0.3) is 0 Å². The van der Waals surface area contributed by atoms with Crippen molar-refractivity contribution in [1.82, 2.24) is 0 Å². The van der Waals surface area contributed by atoms with E-state index in [2.05, 4.69) is 20.2 Å². The van der Waals surface area contributed by atoms with Crippen LogP contribution in [-0.4, -0.2) is 76.5 Å². The lowest BCUT2D eigenvalue weighted by molar-refractivity contribution is -0.0504. The van der Waals surface area contributed by atoms with Crippen LogP contribution in [0, 0.1) is 29.5 Å². The Labute approximate surface area is 312 Å². The van der Waals surface area contributed by atoms with Crippen LogP contribution in [0.1, 0.15) is 98.5 Å². The number of hydrogen-bond donors (Lipinski definition) is 0. The summed E-state index contributed by atoms with van der Waals surface area (Å²) in [5, 5.41) is 0. The topological polar surface area (TPSA) is 136 Å². The molecule has 298 valence electrons. The minimum atomic E-state index is -5.72. The Balaban J connectivity index is 0.000000237. The van der Waals surface area contributed by atoms with Crippen LogP contribution in [0.15, 0.2) is 57.5 Å². The van der Waals surface area contributed by atoms with E-state index in [1.807, 2.05) is 6.07 Å². The fraction of sp³-hybridized carbons (Fsp3) is 0.676. The third-order valence-corrected chi connectivity index (χ3v) is 17.1. The molecule has 4 aliphatic rings. The van der Waals surface area contributed by atoms with Gasteiger partial charge in [0.15, 0.2) is 19.7 Å². The molecule has 2 fully saturated rings. The number of allylic oxidation sites excluding steroid dienone is 1. The molecule has 16 heteroatoms. The van der Waals surface area contributed by atoms with Gasteiger partial charge in [-0.05, 0) is 146 Å². The molecule has 0 atom stereocenters. The van der Waals surface area contributed by atoms with Crippen molar-refractivity contribution in [2.75, 3.05) is 24.6 Å². The Bertz CT molecular complexity index is 1940. The summed E-state index contributed by atoms with van der Waals surface area (Å²) in [5.41, 5.74) is -1.79. The standard InChI is InChI=1S/C21H28FNO2S.C16H24F3NO5S2/c1-21(2,3)26(24,25)14-15-7-9-16(10-8-15)18-12-20(23-13-18)17-5-4-6-19(22)11-17;1-15(2,3)26(21,22)10-11-4-6-12(7-5-11)13-8-14(20-9-13)25-27(23,24)16(17,18)19/h4-6,11-12,15-16H,7-10,13-14H2,1-3H3;8,11-12H,4-7,9-10H2,1-3H3. The summed E-state index contributed by atoms with van der Waals surface area (Å²) >= 11 is 0. The van der Waals surface area contributed by atoms with E-state index in [1.54, 1.807) is 47.6 Å². The van der Waals surface area contributed by atoms with Gasteiger partial charge < -0.3 is 4.18 Å². The zero-order valence-electron chi connectivity index (χ0n) is 31.2. The normalized spacial score (nSPS) is 24.7. The summed E-state index contributed by atoms with van der Waals surface area (Å²) < 4.78 is 125. The highest BCUT2D eigenvalue weighted by Gasteiger charge is 2.49. The Morgan fingerprint density at radius 1 is 0.679 bits per heavy atom. The van der Waals surface area contributed by atoms with Gasteiger partial charge in [-0.25, -0.2) is 26.2 Å². The number of nitrogens with zero attached hydrogens (tertiary/aromatic N) is 2. The first-order valence-electron chi connectivity index (χ1n) is 18.0. The minimum Gasteiger partial charge on any atom is -0.356 e. The molecule has 0 bridgehead atoms. The van der Waals surface area contributed by atoms with Crippen LogP contribution in [0.4, 0.5) is 17.6 Å². The molecule has 2 aliphatic carbocycles. The van der Waals surface area contributed by atoms with Crippen LogP contribution in [0.5, 0.6) is 0 Å². The number of hydrogen-bond acceptors (Lipinski definition) is 9. The van der Waals surface area contributed by atoms with Crippen molar-refractivity contribution in [2.24, 2.45) is 33.7 Å². The van der Waals surface area contributed by atoms with Crippen molar-refractivity contribution in [3.05, 3.63) is 58.9 Å². The Kier molecular flexibility index (Phi) is 13.2. The fourth-order valence-corrected chi connectivity index (χ4v) is 10.2. The van der Waals surface area contributed by atoms with Gasteiger partial charge in [0.2, 0.25) is 5.90 Å². The van der Waals surface area contributed by atoms with Gasteiger partial charge in [-0.2, -0.15) is 21.6 Å². The molecule has 9 nitrogen and oxygen atoms in total. The van der Waals surface area contributed by atoms with Crippen molar-refractivity contribution in [1.29, 1.82) is 0 Å². The second-order valence-corrected chi connectivity index (χ2v) is 23.6. The van der Waals surface area contributed by atoms with Crippen LogP contribution in [-0.2, 0) is 34.0 Å². The monoisotopic (exact) mass is 808 g/mol. The highest BCUT2D eigenvalue weighted by Crippen LogP contribution is 2.38. The van der Waals surface area contributed by atoms with Gasteiger partial charge in [-0.15, -0.1) is 0 Å². The number of sulfone groups is 2. The maximum atomic E-state index is 13.4. The molecule has 0 spiro atoms. The number of benzene rings is 1. The summed E-state index contributed by atoms with van der Waals surface area (Å²) in [5.74, 6) is 0.447. The van der Waals surface area contributed by atoms with E-state index >= 15 is 0 Å². The van der Waals surface area contributed by atoms with Crippen molar-refractivity contribution >= 4 is 41.4 Å². The maximum absolute atomic E-state index is 13.4. The van der Waals surface area contributed by atoms with E-state index in [-0.39, 0.29) is 35.9 Å². The zero-order valence-corrected chi connectivity index (χ0v) is 33.7. The predicted octanol–water partition coefficient (Wildman–Crippen LogP) is 7.79. The molecule has 2 saturated carbocycles. The average Bonchev–Trinajstić information content (AvgIpc) is 3.71. The lowest BCUT2D eigenvalue weighted by Gasteiger charge is -2.31. The fourth-order valence-electron chi connectivity index (χ4n) is 6.91. The van der Waals surface area contributed by atoms with Gasteiger partial charge in [0, 0.05) is 11.6 Å². The van der Waals surface area contributed by atoms with E-state index in [1.165, 1.54) is 23.8 Å². The molecule has 5 rings (SSSR count). The number of alkyl halides is 3. The van der Waals surface area contributed by atoms with Crippen molar-refractivity contribution in [3.8, 4) is 0 Å². The molecule has 2 aliphatic heterocycles. The summed E-state index contributed by atoms with van der Waals surface area (Å²) in [4.78, 5) is 8.30. The van der Waals surface area contributed by atoms with E-state index in [0.29, 0.717) is 43.9 Å². The van der Waals surface area contributed by atoms with Gasteiger partial charge in [-0.1, -0.05) is 12.1 Å². The van der Waals surface area contributed by atoms with Crippen molar-refractivity contribution < 1.29 is 47.0 Å². The molecular weight excluding hydrogens is 757 g/mol. The molecule has 1 aromatic rings. The molecule has 0 unspecified atom stereocenters. The van der Waals surface area contributed by atoms with E-state index in [9.17, 15) is 42.8 Å². The first kappa shape index (κ1) is 43.1. The second kappa shape index (κ2) is 16.3. The minimum absolute atomic E-state index is 0.0389. The maximum Gasteiger partial charge on any atom is 0.534 e. The third kappa shape index (κ3) is 11.2. The quantitative estimate of drug-likeness (QED) is 0.149. The average molecular weight is 809 g/mol. The summed E-state index contributed by atoms with van der Waals surface area (Å²) in [6.07, 6.45) is 10.0. The summed E-state index contributed by atoms with van der Waals surface area (Å²) in [6.45, 7) is 11.1. The molecule has 2 heterocycles. The van der Waals surface area contributed by atoms with E-state index < -0.39 is 50.7 Å². The first-order valence-corrected chi connectivity index (χ1v) is 22.7. The first-order chi connectivity index (χ1) is 24.3. The van der Waals surface area contributed by atoms with Crippen molar-refractivity contribution in [3.63, 3.8) is 0 Å². The SMILES string of the molecule is CC(C)(C)S(=O)(=O)CC1CCC(C2=CC(OS(=O)(=O)C(F)(F)F)=NC2)CC1.CC(C)(C)S(=O)(=O)CC1CCC(C2=CC(c3cccc(F)c3)=NC2)CC1. The van der Waals surface area contributed by atoms with Crippen LogP contribution < -0.4 is 0 Å². The van der Waals surface area contributed by atoms with Gasteiger partial charge in [-0.3, -0.25) is 4.99 Å². The predicted molar refractivity (Wildman–Crippen MR) is 200 cm³/mol. The largest absolute Gasteiger partial charge is 0.534 e. The Morgan fingerprint density at radius 3 is 1.57 bits per heavy atom. The van der Waals surface area contributed by atoms with E-state index in [4.69, 9.17) is 0 Å². The molecule has 0 saturated heterocycles. The summed E-state index contributed by atoms with van der Waals surface area (Å²) in [7, 11) is -12.0. The Morgan fingerprint density at radius 2 is 1.13 bits per heavy atom. The van der Waals surface area contributed by atoms with Crippen LogP contribution in [0.25, 0.3) is 0 Å². The molecule has 1 aromatic carbocycles.